The molecule has 0 N–H and O–H groups in total. The average Bonchev–Trinajstić information content (AvgIpc) is 3.23. The summed E-state index contributed by atoms with van der Waals surface area (Å²) < 4.78 is 86.3. The number of alkyl halides is 6. The Morgan fingerprint density at radius 3 is 2.03 bits per heavy atom. The van der Waals surface area contributed by atoms with Gasteiger partial charge in [0.2, 0.25) is 5.91 Å². The number of halogens is 6. The highest BCUT2D eigenvalue weighted by Gasteiger charge is 2.38. The largest absolute Gasteiger partial charge is 0.462 e. The lowest BCUT2D eigenvalue weighted by atomic mass is 9.82. The van der Waals surface area contributed by atoms with E-state index in [0.717, 1.165) is 23.7 Å². The molecule has 12 heteroatoms. The first kappa shape index (κ1) is 28.5. The van der Waals surface area contributed by atoms with Gasteiger partial charge in [0.15, 0.2) is 5.82 Å². The Balaban J connectivity index is 2.17. The van der Waals surface area contributed by atoms with E-state index in [0.29, 0.717) is 30.9 Å². The first-order chi connectivity index (χ1) is 17.1. The number of ether oxygens (including phenoxy) is 1. The van der Waals surface area contributed by atoms with Crippen LogP contribution in [0.1, 0.15) is 74.9 Å². The molecule has 6 nitrogen and oxygen atoms in total. The topological polar surface area (TPSA) is 64.4 Å². The number of carbonyl (C=O) groups is 2. The van der Waals surface area contributed by atoms with Gasteiger partial charge in [0.1, 0.15) is 5.56 Å². The molecule has 0 radical (unpaired) electrons. The smallest absolute Gasteiger partial charge is 0.416 e. The van der Waals surface area contributed by atoms with Crippen LogP contribution in [0.15, 0.2) is 24.4 Å². The number of amides is 1. The van der Waals surface area contributed by atoms with Crippen molar-refractivity contribution in [1.29, 1.82) is 0 Å². The van der Waals surface area contributed by atoms with Crippen LogP contribution >= 0.6 is 0 Å². The monoisotopic (exact) mass is 533 g/mol. The standard InChI is InChI=1S/C25H29F6N3O3/c1-5-37-23(36)20-13-33(19-11-17(24(26,27)28)10-18(12-19)25(29,30)31)32-21(20)34(14(2)3)22(35)16-8-6-15(4)7-9-16/h10-16H,5-9H2,1-4H3. The molecule has 1 saturated carbocycles. The number of carbonyl (C=O) groups excluding carboxylic acids is 2. The fraction of sp³-hybridized carbons (Fsp3) is 0.560. The molecule has 3 rings (SSSR count). The van der Waals surface area contributed by atoms with Crippen LogP contribution in [0.2, 0.25) is 0 Å². The van der Waals surface area contributed by atoms with Crippen LogP contribution in [0.25, 0.3) is 5.69 Å². The zero-order valence-electron chi connectivity index (χ0n) is 20.9. The van der Waals surface area contributed by atoms with Gasteiger partial charge < -0.3 is 4.74 Å². The van der Waals surface area contributed by atoms with E-state index in [9.17, 15) is 35.9 Å². The van der Waals surface area contributed by atoms with Crippen molar-refractivity contribution in [2.75, 3.05) is 11.5 Å². The maximum atomic E-state index is 13.5. The van der Waals surface area contributed by atoms with Gasteiger partial charge in [-0.2, -0.15) is 26.3 Å². The van der Waals surface area contributed by atoms with E-state index in [2.05, 4.69) is 12.0 Å². The minimum Gasteiger partial charge on any atom is -0.462 e. The SMILES string of the molecule is CCOC(=O)c1cn(-c2cc(C(F)(F)F)cc(C(F)(F)F)c2)nc1N(C(=O)C1CCC(C)CC1)C(C)C. The first-order valence-corrected chi connectivity index (χ1v) is 12.0. The molecular weight excluding hydrogens is 504 g/mol. The summed E-state index contributed by atoms with van der Waals surface area (Å²) >= 11 is 0. The molecule has 2 aromatic rings. The second-order valence-electron chi connectivity index (χ2n) is 9.55. The highest BCUT2D eigenvalue weighted by atomic mass is 19.4. The summed E-state index contributed by atoms with van der Waals surface area (Å²) in [5.41, 5.74) is -3.86. The maximum absolute atomic E-state index is 13.5. The van der Waals surface area contributed by atoms with E-state index in [-0.39, 0.29) is 35.9 Å². The van der Waals surface area contributed by atoms with Crippen molar-refractivity contribution in [2.45, 2.75) is 71.8 Å². The molecule has 1 fully saturated rings. The number of rotatable bonds is 6. The van der Waals surface area contributed by atoms with E-state index in [4.69, 9.17) is 4.74 Å². The molecule has 0 saturated heterocycles. The second-order valence-corrected chi connectivity index (χ2v) is 9.55. The molecule has 204 valence electrons. The van der Waals surface area contributed by atoms with Crippen molar-refractivity contribution in [3.8, 4) is 5.69 Å². The number of aromatic nitrogens is 2. The van der Waals surface area contributed by atoms with Crippen LogP contribution < -0.4 is 4.90 Å². The van der Waals surface area contributed by atoms with Crippen LogP contribution in [0, 0.1) is 11.8 Å². The van der Waals surface area contributed by atoms with E-state index in [1.165, 1.54) is 4.90 Å². The van der Waals surface area contributed by atoms with Crippen molar-refractivity contribution < 1.29 is 40.7 Å². The Morgan fingerprint density at radius 1 is 1.03 bits per heavy atom. The molecule has 0 atom stereocenters. The van der Waals surface area contributed by atoms with Gasteiger partial charge in [-0.1, -0.05) is 6.92 Å². The van der Waals surface area contributed by atoms with Crippen molar-refractivity contribution in [3.05, 3.63) is 41.1 Å². The summed E-state index contributed by atoms with van der Waals surface area (Å²) in [6.45, 7) is 6.96. The molecule has 0 bridgehead atoms. The lowest BCUT2D eigenvalue weighted by Gasteiger charge is -2.32. The number of hydrogen-bond acceptors (Lipinski definition) is 4. The summed E-state index contributed by atoms with van der Waals surface area (Å²) in [6.07, 6.45) is -6.20. The van der Waals surface area contributed by atoms with Gasteiger partial charge in [-0.3, -0.25) is 9.69 Å². The molecule has 1 aliphatic carbocycles. The summed E-state index contributed by atoms with van der Waals surface area (Å²) in [7, 11) is 0. The predicted molar refractivity (Wildman–Crippen MR) is 123 cm³/mol. The Hall–Kier alpha value is -3.05. The van der Waals surface area contributed by atoms with Gasteiger partial charge in [0, 0.05) is 18.2 Å². The average molecular weight is 534 g/mol. The normalized spacial score (nSPS) is 18.7. The van der Waals surface area contributed by atoms with Gasteiger partial charge in [-0.25, -0.2) is 9.48 Å². The Kier molecular flexibility index (Phi) is 8.28. The quantitative estimate of drug-likeness (QED) is 0.308. The van der Waals surface area contributed by atoms with E-state index in [1.807, 2.05) is 0 Å². The highest BCUT2D eigenvalue weighted by molar-refractivity contribution is 6.02. The molecular formula is C25H29F6N3O3. The minimum absolute atomic E-state index is 0.00812. The number of esters is 1. The fourth-order valence-electron chi connectivity index (χ4n) is 4.41. The number of nitrogens with zero attached hydrogens (tertiary/aromatic N) is 3. The van der Waals surface area contributed by atoms with Crippen molar-refractivity contribution >= 4 is 17.7 Å². The van der Waals surface area contributed by atoms with Crippen molar-refractivity contribution in [3.63, 3.8) is 0 Å². The zero-order chi connectivity index (χ0) is 27.7. The van der Waals surface area contributed by atoms with Crippen LogP contribution in [0.3, 0.4) is 0 Å². The molecule has 1 aromatic heterocycles. The molecule has 1 heterocycles. The van der Waals surface area contributed by atoms with Gasteiger partial charge in [0.25, 0.3) is 0 Å². The second kappa shape index (κ2) is 10.7. The molecule has 1 aromatic carbocycles. The van der Waals surface area contributed by atoms with Gasteiger partial charge in [0.05, 0.1) is 23.4 Å². The van der Waals surface area contributed by atoms with E-state index < -0.39 is 41.2 Å². The fourth-order valence-corrected chi connectivity index (χ4v) is 4.41. The molecule has 1 amide bonds. The lowest BCUT2D eigenvalue weighted by molar-refractivity contribution is -0.143. The van der Waals surface area contributed by atoms with Crippen LogP contribution in [-0.4, -0.2) is 34.3 Å². The number of benzene rings is 1. The van der Waals surface area contributed by atoms with Gasteiger partial charge in [-0.15, -0.1) is 5.10 Å². The third-order valence-corrected chi connectivity index (χ3v) is 6.37. The van der Waals surface area contributed by atoms with Gasteiger partial charge >= 0.3 is 18.3 Å². The zero-order valence-corrected chi connectivity index (χ0v) is 20.9. The Morgan fingerprint density at radius 2 is 1.57 bits per heavy atom. The number of anilines is 1. The molecule has 37 heavy (non-hydrogen) atoms. The van der Waals surface area contributed by atoms with Gasteiger partial charge in [-0.05, 0) is 70.6 Å². The Bertz CT molecular complexity index is 1100. The van der Waals surface area contributed by atoms with Crippen LogP contribution in [0.4, 0.5) is 32.2 Å². The summed E-state index contributed by atoms with van der Waals surface area (Å²) in [5, 5.41) is 4.17. The Labute approximate surface area is 210 Å². The van der Waals surface area contributed by atoms with Crippen LogP contribution in [-0.2, 0) is 21.9 Å². The minimum atomic E-state index is -5.06. The molecule has 1 aliphatic rings. The first-order valence-electron chi connectivity index (χ1n) is 12.0. The summed E-state index contributed by atoms with van der Waals surface area (Å²) in [5.74, 6) is -1.26. The van der Waals surface area contributed by atoms with Crippen molar-refractivity contribution in [2.24, 2.45) is 11.8 Å². The maximum Gasteiger partial charge on any atom is 0.416 e. The predicted octanol–water partition coefficient (Wildman–Crippen LogP) is 6.65. The lowest BCUT2D eigenvalue weighted by Crippen LogP contribution is -2.43. The third kappa shape index (κ3) is 6.45. The molecule has 0 aliphatic heterocycles. The summed E-state index contributed by atoms with van der Waals surface area (Å²) in [4.78, 5) is 27.6. The van der Waals surface area contributed by atoms with Crippen LogP contribution in [0.5, 0.6) is 0 Å². The summed E-state index contributed by atoms with van der Waals surface area (Å²) in [6, 6.07) is 0.514. The molecule has 0 unspecified atom stereocenters. The third-order valence-electron chi connectivity index (χ3n) is 6.37. The van der Waals surface area contributed by atoms with Crippen molar-refractivity contribution in [1.82, 2.24) is 9.78 Å². The van der Waals surface area contributed by atoms with E-state index in [1.54, 1.807) is 20.8 Å². The number of hydrogen-bond donors (Lipinski definition) is 0. The molecule has 0 spiro atoms. The highest BCUT2D eigenvalue weighted by Crippen LogP contribution is 2.38. The van der Waals surface area contributed by atoms with E-state index >= 15 is 0 Å².